The van der Waals surface area contributed by atoms with Crippen molar-refractivity contribution in [2.24, 2.45) is 5.92 Å². The van der Waals surface area contributed by atoms with Crippen LogP contribution in [0.1, 0.15) is 75.0 Å². The summed E-state index contributed by atoms with van der Waals surface area (Å²) in [6.45, 7) is 4.45. The van der Waals surface area contributed by atoms with Crippen LogP contribution in [-0.2, 0) is 0 Å². The summed E-state index contributed by atoms with van der Waals surface area (Å²) in [5.41, 5.74) is 4.42. The summed E-state index contributed by atoms with van der Waals surface area (Å²) in [7, 11) is 0. The van der Waals surface area contributed by atoms with Gasteiger partial charge in [0.25, 0.3) is 0 Å². The van der Waals surface area contributed by atoms with E-state index in [9.17, 15) is 0 Å². The molecular weight excluding hydrogens is 486 g/mol. The fraction of sp³-hybridized carbons (Fsp3) is 0.448. The van der Waals surface area contributed by atoms with E-state index in [1.54, 1.807) is 0 Å². The van der Waals surface area contributed by atoms with Gasteiger partial charge in [0, 0.05) is 42.9 Å². The first-order valence-corrected chi connectivity index (χ1v) is 14.1. The molecule has 3 aromatic rings. The van der Waals surface area contributed by atoms with Crippen molar-refractivity contribution >= 4 is 40.3 Å². The SMILES string of the molecule is CC1CCN(c2ccc(N3C(=S)N[C@@H](c4ccccn4)[C@@H]3c3cccn3C3CCCC3)cc2Cl)CC1. The molecule has 5 nitrogen and oxygen atoms in total. The van der Waals surface area contributed by atoms with Crippen molar-refractivity contribution in [3.8, 4) is 0 Å². The number of benzene rings is 1. The average Bonchev–Trinajstić information content (AvgIpc) is 3.65. The number of hydrogen-bond donors (Lipinski definition) is 1. The van der Waals surface area contributed by atoms with E-state index in [2.05, 4.69) is 69.2 Å². The molecule has 1 aliphatic carbocycles. The molecule has 36 heavy (non-hydrogen) atoms. The molecule has 0 radical (unpaired) electrons. The first-order valence-electron chi connectivity index (χ1n) is 13.3. The molecule has 0 amide bonds. The van der Waals surface area contributed by atoms with Crippen LogP contribution in [0.3, 0.4) is 0 Å². The normalized spacial score (nSPS) is 23.4. The van der Waals surface area contributed by atoms with E-state index in [0.29, 0.717) is 11.2 Å². The molecule has 1 aromatic carbocycles. The zero-order valence-corrected chi connectivity index (χ0v) is 22.4. The highest BCUT2D eigenvalue weighted by atomic mass is 35.5. The summed E-state index contributed by atoms with van der Waals surface area (Å²) < 4.78 is 2.49. The summed E-state index contributed by atoms with van der Waals surface area (Å²) in [6.07, 6.45) is 11.6. The number of thiocarbonyl (C=S) groups is 1. The van der Waals surface area contributed by atoms with Crippen molar-refractivity contribution in [3.05, 3.63) is 77.3 Å². The molecule has 2 aromatic heterocycles. The van der Waals surface area contributed by atoms with Gasteiger partial charge >= 0.3 is 0 Å². The first-order chi connectivity index (χ1) is 17.6. The third-order valence-corrected chi connectivity index (χ3v) is 8.88. The van der Waals surface area contributed by atoms with Gasteiger partial charge in [-0.1, -0.05) is 37.4 Å². The molecule has 1 saturated carbocycles. The minimum Gasteiger partial charge on any atom is -0.370 e. The molecule has 0 bridgehead atoms. The Kier molecular flexibility index (Phi) is 6.65. The molecule has 0 spiro atoms. The van der Waals surface area contributed by atoms with Crippen LogP contribution in [0.25, 0.3) is 0 Å². The van der Waals surface area contributed by atoms with E-state index in [1.165, 1.54) is 44.2 Å². The third-order valence-electron chi connectivity index (χ3n) is 8.26. The van der Waals surface area contributed by atoms with Crippen LogP contribution in [-0.4, -0.2) is 27.8 Å². The van der Waals surface area contributed by atoms with E-state index < -0.39 is 0 Å². The van der Waals surface area contributed by atoms with Gasteiger partial charge in [0.15, 0.2) is 5.11 Å². The van der Waals surface area contributed by atoms with E-state index in [0.717, 1.165) is 41.1 Å². The monoisotopic (exact) mass is 519 g/mol. The van der Waals surface area contributed by atoms with E-state index >= 15 is 0 Å². The highest BCUT2D eigenvalue weighted by Crippen LogP contribution is 2.45. The Balaban J connectivity index is 1.39. The Morgan fingerprint density at radius 3 is 2.53 bits per heavy atom. The third kappa shape index (κ3) is 4.39. The maximum Gasteiger partial charge on any atom is 0.174 e. The van der Waals surface area contributed by atoms with Gasteiger partial charge in [-0.2, -0.15) is 0 Å². The number of anilines is 2. The van der Waals surface area contributed by atoms with Crippen LogP contribution in [0.2, 0.25) is 5.02 Å². The van der Waals surface area contributed by atoms with Gasteiger partial charge in [-0.15, -0.1) is 0 Å². The molecule has 1 N–H and O–H groups in total. The van der Waals surface area contributed by atoms with E-state index in [4.69, 9.17) is 28.8 Å². The Morgan fingerprint density at radius 2 is 1.81 bits per heavy atom. The minimum atomic E-state index is -0.0456. The maximum absolute atomic E-state index is 6.94. The summed E-state index contributed by atoms with van der Waals surface area (Å²) in [4.78, 5) is 9.39. The number of aromatic nitrogens is 2. The lowest BCUT2D eigenvalue weighted by Crippen LogP contribution is -2.33. The zero-order chi connectivity index (χ0) is 24.6. The first kappa shape index (κ1) is 23.8. The number of halogens is 1. The number of piperidine rings is 1. The highest BCUT2D eigenvalue weighted by molar-refractivity contribution is 7.80. The van der Waals surface area contributed by atoms with Crippen molar-refractivity contribution in [1.29, 1.82) is 0 Å². The van der Waals surface area contributed by atoms with Crippen LogP contribution in [0.4, 0.5) is 11.4 Å². The average molecular weight is 520 g/mol. The minimum absolute atomic E-state index is 0.0132. The summed E-state index contributed by atoms with van der Waals surface area (Å²) >= 11 is 12.9. The quantitative estimate of drug-likeness (QED) is 0.365. The molecule has 0 unspecified atom stereocenters. The van der Waals surface area contributed by atoms with Gasteiger partial charge in [-0.3, -0.25) is 4.98 Å². The molecule has 2 atom stereocenters. The van der Waals surface area contributed by atoms with Gasteiger partial charge in [0.1, 0.15) is 6.04 Å². The van der Waals surface area contributed by atoms with E-state index in [1.807, 2.05) is 18.3 Å². The predicted molar refractivity (Wildman–Crippen MR) is 152 cm³/mol. The Hall–Kier alpha value is -2.57. The number of nitrogens with zero attached hydrogens (tertiary/aromatic N) is 4. The Morgan fingerprint density at radius 1 is 1.00 bits per heavy atom. The highest BCUT2D eigenvalue weighted by Gasteiger charge is 2.42. The molecule has 2 aliphatic heterocycles. The number of rotatable bonds is 5. The predicted octanol–water partition coefficient (Wildman–Crippen LogP) is 7.07. The molecule has 188 valence electrons. The second kappa shape index (κ2) is 10.1. The topological polar surface area (TPSA) is 36.3 Å². The largest absolute Gasteiger partial charge is 0.370 e. The van der Waals surface area contributed by atoms with Crippen LogP contribution >= 0.6 is 23.8 Å². The standard InChI is InChI=1S/C29H34ClN5S/c1-20-13-17-33(18-14-20)25-12-11-22(19-23(25)30)35-28(26-10-6-16-34(26)21-7-2-3-8-21)27(32-29(35)36)24-9-4-5-15-31-24/h4-6,9-12,15-16,19-21,27-28H,2-3,7-8,13-14,17-18H2,1H3,(H,32,36)/t27-,28-/m0/s1. The Bertz CT molecular complexity index is 1210. The summed E-state index contributed by atoms with van der Waals surface area (Å²) in [5, 5.41) is 5.11. The molecule has 3 aliphatic rings. The van der Waals surface area contributed by atoms with Crippen LogP contribution < -0.4 is 15.1 Å². The van der Waals surface area contributed by atoms with Crippen LogP contribution in [0.5, 0.6) is 0 Å². The van der Waals surface area contributed by atoms with Crippen molar-refractivity contribution in [3.63, 3.8) is 0 Å². The second-order valence-electron chi connectivity index (χ2n) is 10.6. The lowest BCUT2D eigenvalue weighted by Gasteiger charge is -2.34. The molecule has 2 saturated heterocycles. The number of nitrogens with one attached hydrogen (secondary N) is 1. The zero-order valence-electron chi connectivity index (χ0n) is 20.8. The Labute approximate surface area is 224 Å². The van der Waals surface area contributed by atoms with Gasteiger partial charge < -0.3 is 19.7 Å². The lowest BCUT2D eigenvalue weighted by atomic mass is 9.98. The molecule has 7 heteroatoms. The van der Waals surface area contributed by atoms with Gasteiger partial charge in [-0.05, 0) is 86.3 Å². The molecular formula is C29H34ClN5S. The van der Waals surface area contributed by atoms with Gasteiger partial charge in [-0.25, -0.2) is 0 Å². The lowest BCUT2D eigenvalue weighted by molar-refractivity contribution is 0.438. The molecule has 6 rings (SSSR count). The summed E-state index contributed by atoms with van der Waals surface area (Å²) in [5.74, 6) is 0.785. The van der Waals surface area contributed by atoms with Crippen molar-refractivity contribution < 1.29 is 0 Å². The molecule has 4 heterocycles. The second-order valence-corrected chi connectivity index (χ2v) is 11.4. The fourth-order valence-corrected chi connectivity index (χ4v) is 6.90. The maximum atomic E-state index is 6.94. The van der Waals surface area contributed by atoms with Crippen LogP contribution in [0.15, 0.2) is 60.9 Å². The molecule has 3 fully saturated rings. The summed E-state index contributed by atoms with van der Waals surface area (Å²) in [6, 6.07) is 17.5. The van der Waals surface area contributed by atoms with Gasteiger partial charge in [0.2, 0.25) is 0 Å². The van der Waals surface area contributed by atoms with Crippen LogP contribution in [0, 0.1) is 5.92 Å². The number of hydrogen-bond acceptors (Lipinski definition) is 3. The van der Waals surface area contributed by atoms with Crippen molar-refractivity contribution in [1.82, 2.24) is 14.9 Å². The van der Waals surface area contributed by atoms with Crippen molar-refractivity contribution in [2.75, 3.05) is 22.9 Å². The smallest absolute Gasteiger partial charge is 0.174 e. The van der Waals surface area contributed by atoms with Crippen molar-refractivity contribution in [2.45, 2.75) is 63.6 Å². The fourth-order valence-electron chi connectivity index (χ4n) is 6.26. The number of pyridine rings is 1. The van der Waals surface area contributed by atoms with Gasteiger partial charge in [0.05, 0.1) is 22.4 Å². The van der Waals surface area contributed by atoms with E-state index in [-0.39, 0.29) is 12.1 Å².